The summed E-state index contributed by atoms with van der Waals surface area (Å²) in [5.41, 5.74) is 7.84. The predicted octanol–water partition coefficient (Wildman–Crippen LogP) is 4.08. The summed E-state index contributed by atoms with van der Waals surface area (Å²) < 4.78 is 5.47. The van der Waals surface area contributed by atoms with Crippen LogP contribution in [0, 0.1) is 0 Å². The van der Waals surface area contributed by atoms with Crippen LogP contribution < -0.4 is 10.5 Å². The second kappa shape index (κ2) is 5.82. The highest BCUT2D eigenvalue weighted by molar-refractivity contribution is 5.59. The molecule has 0 saturated carbocycles. The number of ether oxygens (including phenoxy) is 1. The number of anilines is 1. The highest BCUT2D eigenvalue weighted by Gasteiger charge is 2.02. The molecule has 0 aromatic heterocycles. The first kappa shape index (κ1) is 12.1. The van der Waals surface area contributed by atoms with E-state index in [1.54, 1.807) is 18.2 Å². The Morgan fingerprint density at radius 3 is 2.56 bits per heavy atom. The van der Waals surface area contributed by atoms with E-state index in [4.69, 9.17) is 10.5 Å². The average molecular weight is 241 g/mol. The van der Waals surface area contributed by atoms with Crippen LogP contribution in [0.15, 0.2) is 58.8 Å². The summed E-state index contributed by atoms with van der Waals surface area (Å²) in [7, 11) is 0. The van der Waals surface area contributed by atoms with Crippen LogP contribution in [0.3, 0.4) is 0 Å². The fourth-order valence-electron chi connectivity index (χ4n) is 1.49. The molecule has 92 valence electrons. The van der Waals surface area contributed by atoms with E-state index in [2.05, 4.69) is 10.2 Å². The largest absolute Gasteiger partial charge is 0.491 e. The summed E-state index contributed by atoms with van der Waals surface area (Å²) in [5.74, 6) is 0.650. The second-order valence-electron chi connectivity index (χ2n) is 3.70. The molecule has 0 radical (unpaired) electrons. The molecule has 0 atom stereocenters. The number of nitrogens with zero attached hydrogens (tertiary/aromatic N) is 2. The van der Waals surface area contributed by atoms with Crippen LogP contribution in [0.1, 0.15) is 6.92 Å². The van der Waals surface area contributed by atoms with E-state index in [1.807, 2.05) is 37.3 Å². The fourth-order valence-corrected chi connectivity index (χ4v) is 1.49. The highest BCUT2D eigenvalue weighted by atomic mass is 16.5. The lowest BCUT2D eigenvalue weighted by Gasteiger charge is -2.06. The molecule has 0 fully saturated rings. The molecule has 0 unspecified atom stereocenters. The van der Waals surface area contributed by atoms with Crippen molar-refractivity contribution in [3.8, 4) is 5.75 Å². The molecule has 0 aliphatic rings. The van der Waals surface area contributed by atoms with Crippen molar-refractivity contribution in [2.24, 2.45) is 10.2 Å². The van der Waals surface area contributed by atoms with Crippen molar-refractivity contribution in [2.75, 3.05) is 12.3 Å². The van der Waals surface area contributed by atoms with Gasteiger partial charge in [0.2, 0.25) is 0 Å². The van der Waals surface area contributed by atoms with Crippen molar-refractivity contribution in [3.63, 3.8) is 0 Å². The van der Waals surface area contributed by atoms with Crippen LogP contribution in [0.5, 0.6) is 5.75 Å². The summed E-state index contributed by atoms with van der Waals surface area (Å²) in [6, 6.07) is 14.9. The normalized spacial score (nSPS) is 10.7. The number of benzene rings is 2. The molecular weight excluding hydrogens is 226 g/mol. The van der Waals surface area contributed by atoms with Gasteiger partial charge in [0.1, 0.15) is 11.4 Å². The predicted molar refractivity (Wildman–Crippen MR) is 72.6 cm³/mol. The fraction of sp³-hybridized carbons (Fsp3) is 0.143. The van der Waals surface area contributed by atoms with Crippen LogP contribution >= 0.6 is 0 Å². The molecule has 0 amide bonds. The Bertz CT molecular complexity index is 538. The standard InChI is InChI=1S/C14H15N3O/c1-2-18-14-10-11(15)8-9-13(14)17-16-12-6-4-3-5-7-12/h3-10H,2,15H2,1H3/b17-16+. The maximum absolute atomic E-state index is 5.71. The molecule has 0 aliphatic heterocycles. The highest BCUT2D eigenvalue weighted by Crippen LogP contribution is 2.31. The van der Waals surface area contributed by atoms with E-state index in [1.165, 1.54) is 0 Å². The monoisotopic (exact) mass is 241 g/mol. The zero-order chi connectivity index (χ0) is 12.8. The van der Waals surface area contributed by atoms with E-state index >= 15 is 0 Å². The quantitative estimate of drug-likeness (QED) is 0.647. The summed E-state index contributed by atoms with van der Waals surface area (Å²) in [6.45, 7) is 2.48. The van der Waals surface area contributed by atoms with E-state index in [0.717, 1.165) is 5.69 Å². The van der Waals surface area contributed by atoms with Crippen LogP contribution in [-0.2, 0) is 0 Å². The molecule has 2 aromatic rings. The summed E-state index contributed by atoms with van der Waals surface area (Å²) in [4.78, 5) is 0. The van der Waals surface area contributed by atoms with E-state index in [-0.39, 0.29) is 0 Å². The Balaban J connectivity index is 2.25. The third-order valence-corrected chi connectivity index (χ3v) is 2.31. The molecule has 4 heteroatoms. The van der Waals surface area contributed by atoms with Gasteiger partial charge in [-0.2, -0.15) is 5.11 Å². The van der Waals surface area contributed by atoms with Gasteiger partial charge in [-0.3, -0.25) is 0 Å². The minimum atomic E-state index is 0.567. The Kier molecular flexibility index (Phi) is 3.91. The van der Waals surface area contributed by atoms with Gasteiger partial charge in [0.05, 0.1) is 12.3 Å². The lowest BCUT2D eigenvalue weighted by molar-refractivity contribution is 0.341. The maximum atomic E-state index is 5.71. The molecule has 0 saturated heterocycles. The van der Waals surface area contributed by atoms with Gasteiger partial charge in [-0.1, -0.05) is 18.2 Å². The summed E-state index contributed by atoms with van der Waals surface area (Å²) >= 11 is 0. The minimum Gasteiger partial charge on any atom is -0.491 e. The zero-order valence-electron chi connectivity index (χ0n) is 10.2. The lowest BCUT2D eigenvalue weighted by atomic mass is 10.2. The molecular formula is C14H15N3O. The third kappa shape index (κ3) is 3.07. The van der Waals surface area contributed by atoms with E-state index < -0.39 is 0 Å². The van der Waals surface area contributed by atoms with Gasteiger partial charge in [-0.15, -0.1) is 5.11 Å². The van der Waals surface area contributed by atoms with E-state index in [9.17, 15) is 0 Å². The maximum Gasteiger partial charge on any atom is 0.148 e. The molecule has 2 N–H and O–H groups in total. The topological polar surface area (TPSA) is 60.0 Å². The van der Waals surface area contributed by atoms with Crippen molar-refractivity contribution >= 4 is 17.1 Å². The number of nitrogens with two attached hydrogens (primary N) is 1. The molecule has 18 heavy (non-hydrogen) atoms. The van der Waals surface area contributed by atoms with Gasteiger partial charge in [0, 0.05) is 11.8 Å². The van der Waals surface area contributed by atoms with Gasteiger partial charge in [-0.05, 0) is 31.2 Å². The Hall–Kier alpha value is -2.36. The van der Waals surface area contributed by atoms with Crippen LogP contribution in [0.2, 0.25) is 0 Å². The van der Waals surface area contributed by atoms with Crippen LogP contribution in [-0.4, -0.2) is 6.61 Å². The second-order valence-corrected chi connectivity index (χ2v) is 3.70. The SMILES string of the molecule is CCOc1cc(N)ccc1/N=N/c1ccccc1. The van der Waals surface area contributed by atoms with Gasteiger partial charge in [0.25, 0.3) is 0 Å². The molecule has 2 aromatic carbocycles. The number of hydrogen-bond donors (Lipinski definition) is 1. The molecule has 4 nitrogen and oxygen atoms in total. The van der Waals surface area contributed by atoms with Crippen molar-refractivity contribution in [1.29, 1.82) is 0 Å². The van der Waals surface area contributed by atoms with Crippen molar-refractivity contribution in [1.82, 2.24) is 0 Å². The number of nitrogen functional groups attached to an aromatic ring is 1. The van der Waals surface area contributed by atoms with E-state index in [0.29, 0.717) is 23.7 Å². The number of rotatable bonds is 4. The van der Waals surface area contributed by atoms with Crippen LogP contribution in [0.25, 0.3) is 0 Å². The van der Waals surface area contributed by atoms with Crippen LogP contribution in [0.4, 0.5) is 17.1 Å². The number of azo groups is 1. The zero-order valence-corrected chi connectivity index (χ0v) is 10.2. The minimum absolute atomic E-state index is 0.567. The Labute approximate surface area is 106 Å². The van der Waals surface area contributed by atoms with Gasteiger partial charge in [0.15, 0.2) is 0 Å². The molecule has 0 bridgehead atoms. The Morgan fingerprint density at radius 1 is 1.06 bits per heavy atom. The van der Waals surface area contributed by atoms with Gasteiger partial charge in [-0.25, -0.2) is 0 Å². The van der Waals surface area contributed by atoms with Crippen molar-refractivity contribution in [2.45, 2.75) is 6.92 Å². The molecule has 0 heterocycles. The van der Waals surface area contributed by atoms with Gasteiger partial charge >= 0.3 is 0 Å². The summed E-state index contributed by atoms with van der Waals surface area (Å²) in [6.07, 6.45) is 0. The van der Waals surface area contributed by atoms with Crippen molar-refractivity contribution in [3.05, 3.63) is 48.5 Å². The molecule has 0 aliphatic carbocycles. The third-order valence-electron chi connectivity index (χ3n) is 2.31. The molecule has 2 rings (SSSR count). The molecule has 0 spiro atoms. The van der Waals surface area contributed by atoms with Gasteiger partial charge < -0.3 is 10.5 Å². The average Bonchev–Trinajstić information content (AvgIpc) is 2.39. The Morgan fingerprint density at radius 2 is 1.83 bits per heavy atom. The lowest BCUT2D eigenvalue weighted by Crippen LogP contribution is -1.93. The first-order valence-electron chi connectivity index (χ1n) is 5.78. The summed E-state index contributed by atoms with van der Waals surface area (Å²) in [5, 5.41) is 8.33. The smallest absolute Gasteiger partial charge is 0.148 e. The van der Waals surface area contributed by atoms with Crippen molar-refractivity contribution < 1.29 is 4.74 Å². The first-order valence-corrected chi connectivity index (χ1v) is 5.78. The number of hydrogen-bond acceptors (Lipinski definition) is 4. The first-order chi connectivity index (χ1) is 8.79.